The van der Waals surface area contributed by atoms with E-state index in [0.29, 0.717) is 18.5 Å². The number of benzene rings is 1. The van der Waals surface area contributed by atoms with Crippen LogP contribution in [0, 0.1) is 13.8 Å². The number of thiazole rings is 1. The van der Waals surface area contributed by atoms with E-state index in [0.717, 1.165) is 22.1 Å². The molecule has 1 amide bonds. The quantitative estimate of drug-likeness (QED) is 0.679. The van der Waals surface area contributed by atoms with Crippen molar-refractivity contribution in [1.82, 2.24) is 14.5 Å². The van der Waals surface area contributed by atoms with Crippen LogP contribution in [0.1, 0.15) is 27.3 Å². The molecule has 2 heterocycles. The highest BCUT2D eigenvalue weighted by atomic mass is 32.1. The van der Waals surface area contributed by atoms with Gasteiger partial charge in [0.05, 0.1) is 5.56 Å². The van der Waals surface area contributed by atoms with Crippen molar-refractivity contribution in [2.24, 2.45) is 0 Å². The molecule has 27 heavy (non-hydrogen) atoms. The summed E-state index contributed by atoms with van der Waals surface area (Å²) in [6, 6.07) is 11.5. The highest BCUT2D eigenvalue weighted by Gasteiger charge is 2.24. The molecule has 0 saturated carbocycles. The maximum Gasteiger partial charge on any atom is 0.323 e. The van der Waals surface area contributed by atoms with Crippen LogP contribution < -0.4 is 0 Å². The predicted molar refractivity (Wildman–Crippen MR) is 105 cm³/mol. The fraction of sp³-hybridized carbons (Fsp3) is 0.250. The Hall–Kier alpha value is -2.93. The molecule has 2 aromatic heterocycles. The number of carboxylic acids is 1. The molecule has 0 aliphatic heterocycles. The van der Waals surface area contributed by atoms with E-state index in [1.165, 1.54) is 16.2 Å². The molecule has 0 aliphatic carbocycles. The largest absolute Gasteiger partial charge is 0.480 e. The summed E-state index contributed by atoms with van der Waals surface area (Å²) in [5.41, 5.74) is 3.23. The number of nitrogens with zero attached hydrogens (tertiary/aromatic N) is 3. The number of carbonyl (C=O) groups excluding carboxylic acids is 1. The topological polar surface area (TPSA) is 75.4 Å². The van der Waals surface area contributed by atoms with E-state index < -0.39 is 5.97 Å². The number of amides is 1. The standard InChI is InChI=1S/C20H21N3O3S/c1-14-12-17(15(2)23(14)20-21-9-11-27-20)19(26)22(13-18(24)25)10-8-16-6-4-3-5-7-16/h3-7,9,11-12H,8,10,13H2,1-2H3,(H,24,25). The van der Waals surface area contributed by atoms with Crippen molar-refractivity contribution in [2.75, 3.05) is 13.1 Å². The smallest absolute Gasteiger partial charge is 0.323 e. The van der Waals surface area contributed by atoms with E-state index in [1.54, 1.807) is 12.3 Å². The lowest BCUT2D eigenvalue weighted by molar-refractivity contribution is -0.137. The summed E-state index contributed by atoms with van der Waals surface area (Å²) in [7, 11) is 0. The second kappa shape index (κ2) is 8.18. The molecule has 0 unspecified atom stereocenters. The van der Waals surface area contributed by atoms with Crippen molar-refractivity contribution in [3.05, 3.63) is 70.5 Å². The maximum absolute atomic E-state index is 13.1. The summed E-state index contributed by atoms with van der Waals surface area (Å²) in [6.45, 7) is 3.79. The third-order valence-corrected chi connectivity index (χ3v) is 5.16. The zero-order valence-corrected chi connectivity index (χ0v) is 16.1. The molecule has 3 rings (SSSR count). The minimum atomic E-state index is -1.02. The second-order valence-corrected chi connectivity index (χ2v) is 7.16. The zero-order valence-electron chi connectivity index (χ0n) is 15.3. The number of carbonyl (C=O) groups is 2. The fourth-order valence-corrected chi connectivity index (χ4v) is 3.85. The highest BCUT2D eigenvalue weighted by Crippen LogP contribution is 2.23. The first-order valence-corrected chi connectivity index (χ1v) is 9.49. The highest BCUT2D eigenvalue weighted by molar-refractivity contribution is 7.12. The summed E-state index contributed by atoms with van der Waals surface area (Å²) in [4.78, 5) is 30.1. The molecule has 3 aromatic rings. The van der Waals surface area contributed by atoms with Gasteiger partial charge in [0.2, 0.25) is 0 Å². The number of hydrogen-bond donors (Lipinski definition) is 1. The van der Waals surface area contributed by atoms with Crippen molar-refractivity contribution in [3.63, 3.8) is 0 Å². The predicted octanol–water partition coefficient (Wildman–Crippen LogP) is 3.32. The van der Waals surface area contributed by atoms with Crippen LogP contribution in [0.25, 0.3) is 5.13 Å². The Kier molecular flexibility index (Phi) is 5.71. The van der Waals surface area contributed by atoms with Gasteiger partial charge >= 0.3 is 5.97 Å². The Balaban J connectivity index is 1.85. The number of rotatable bonds is 7. The van der Waals surface area contributed by atoms with E-state index in [1.807, 2.05) is 54.1 Å². The lowest BCUT2D eigenvalue weighted by Crippen LogP contribution is -2.37. The zero-order chi connectivity index (χ0) is 19.4. The molecule has 0 spiro atoms. The molecular weight excluding hydrogens is 362 g/mol. The van der Waals surface area contributed by atoms with Gasteiger partial charge in [-0.3, -0.25) is 14.2 Å². The van der Waals surface area contributed by atoms with Crippen LogP contribution in [0.2, 0.25) is 0 Å². The summed E-state index contributed by atoms with van der Waals surface area (Å²) < 4.78 is 1.92. The van der Waals surface area contributed by atoms with Crippen LogP contribution in [0.5, 0.6) is 0 Å². The Morgan fingerprint density at radius 1 is 1.22 bits per heavy atom. The molecule has 1 aromatic carbocycles. The van der Waals surface area contributed by atoms with Crippen molar-refractivity contribution in [2.45, 2.75) is 20.3 Å². The van der Waals surface area contributed by atoms with E-state index in [4.69, 9.17) is 0 Å². The normalized spacial score (nSPS) is 10.7. The molecule has 6 nitrogen and oxygen atoms in total. The third kappa shape index (κ3) is 4.25. The molecule has 0 fully saturated rings. The molecule has 0 aliphatic rings. The van der Waals surface area contributed by atoms with Gasteiger partial charge in [0, 0.05) is 29.5 Å². The Labute approximate surface area is 161 Å². The van der Waals surface area contributed by atoms with Crippen molar-refractivity contribution >= 4 is 23.2 Å². The molecule has 0 bridgehead atoms. The molecule has 0 saturated heterocycles. The van der Waals surface area contributed by atoms with E-state index in [2.05, 4.69) is 4.98 Å². The first kappa shape index (κ1) is 18.8. The average molecular weight is 383 g/mol. The fourth-order valence-electron chi connectivity index (χ4n) is 3.09. The van der Waals surface area contributed by atoms with E-state index in [9.17, 15) is 14.7 Å². The average Bonchev–Trinajstić information content (AvgIpc) is 3.26. The number of aliphatic carboxylic acids is 1. The lowest BCUT2D eigenvalue weighted by Gasteiger charge is -2.21. The van der Waals surface area contributed by atoms with Gasteiger partial charge in [-0.25, -0.2) is 4.98 Å². The van der Waals surface area contributed by atoms with Crippen LogP contribution in [-0.4, -0.2) is 44.5 Å². The van der Waals surface area contributed by atoms with Gasteiger partial charge in [-0.15, -0.1) is 11.3 Å². The van der Waals surface area contributed by atoms with Gasteiger partial charge in [-0.1, -0.05) is 30.3 Å². The maximum atomic E-state index is 13.1. The van der Waals surface area contributed by atoms with Gasteiger partial charge in [0.15, 0.2) is 5.13 Å². The molecule has 0 radical (unpaired) electrons. The first-order chi connectivity index (χ1) is 13.0. The molecular formula is C20H21N3O3S. The summed E-state index contributed by atoms with van der Waals surface area (Å²) in [5, 5.41) is 11.9. The Bertz CT molecular complexity index is 933. The van der Waals surface area contributed by atoms with Crippen LogP contribution in [0.15, 0.2) is 48.0 Å². The number of carboxylic acid groups (broad SMARTS) is 1. The van der Waals surface area contributed by atoms with Crippen LogP contribution in [0.3, 0.4) is 0 Å². The number of aryl methyl sites for hydroxylation is 1. The van der Waals surface area contributed by atoms with Crippen molar-refractivity contribution < 1.29 is 14.7 Å². The minimum absolute atomic E-state index is 0.274. The molecule has 1 N–H and O–H groups in total. The lowest BCUT2D eigenvalue weighted by atomic mass is 10.1. The van der Waals surface area contributed by atoms with Gasteiger partial charge in [0.1, 0.15) is 6.54 Å². The third-order valence-electron chi connectivity index (χ3n) is 4.40. The van der Waals surface area contributed by atoms with Gasteiger partial charge < -0.3 is 10.0 Å². The number of aromatic nitrogens is 2. The monoisotopic (exact) mass is 383 g/mol. The Morgan fingerprint density at radius 2 is 1.96 bits per heavy atom. The molecule has 7 heteroatoms. The van der Waals surface area contributed by atoms with Crippen molar-refractivity contribution in [3.8, 4) is 5.13 Å². The van der Waals surface area contributed by atoms with Gasteiger partial charge in [-0.05, 0) is 31.9 Å². The minimum Gasteiger partial charge on any atom is -0.480 e. The van der Waals surface area contributed by atoms with Crippen LogP contribution >= 0.6 is 11.3 Å². The molecule has 0 atom stereocenters. The van der Waals surface area contributed by atoms with Crippen LogP contribution in [-0.2, 0) is 11.2 Å². The first-order valence-electron chi connectivity index (χ1n) is 8.61. The molecule has 140 valence electrons. The van der Waals surface area contributed by atoms with E-state index >= 15 is 0 Å². The second-order valence-electron chi connectivity index (χ2n) is 6.29. The Morgan fingerprint density at radius 3 is 2.59 bits per heavy atom. The van der Waals surface area contributed by atoms with Gasteiger partial charge in [0.25, 0.3) is 5.91 Å². The van der Waals surface area contributed by atoms with Crippen molar-refractivity contribution in [1.29, 1.82) is 0 Å². The van der Waals surface area contributed by atoms with E-state index in [-0.39, 0.29) is 12.5 Å². The van der Waals surface area contributed by atoms with Gasteiger partial charge in [-0.2, -0.15) is 0 Å². The number of hydrogen-bond acceptors (Lipinski definition) is 4. The SMILES string of the molecule is Cc1cc(C(=O)N(CCc2ccccc2)CC(=O)O)c(C)n1-c1nccs1. The summed E-state index contributed by atoms with van der Waals surface area (Å²) in [5.74, 6) is -1.30. The summed E-state index contributed by atoms with van der Waals surface area (Å²) in [6.07, 6.45) is 2.32. The van der Waals surface area contributed by atoms with Crippen LogP contribution in [0.4, 0.5) is 0 Å². The summed E-state index contributed by atoms with van der Waals surface area (Å²) >= 11 is 1.49.